The van der Waals surface area contributed by atoms with Gasteiger partial charge in [0.2, 0.25) is 0 Å². The molecule has 5 heterocycles. The van der Waals surface area contributed by atoms with Crippen molar-refractivity contribution in [2.75, 3.05) is 0 Å². The molecule has 0 bridgehead atoms. The largest absolute Gasteiger partial charge is 0.310 e. The van der Waals surface area contributed by atoms with Crippen molar-refractivity contribution in [1.29, 1.82) is 0 Å². The number of aryl methyl sites for hydroxylation is 1. The molecule has 0 saturated carbocycles. The first-order chi connectivity index (χ1) is 25.6. The van der Waals surface area contributed by atoms with Crippen LogP contribution in [0.15, 0.2) is 103 Å². The Hall–Kier alpha value is -5.22. The topological polar surface area (TPSA) is 14.3 Å². The maximum Gasteiger partial charge on any atom is 0.254 e. The molecular formula is C50H50BN3. The van der Waals surface area contributed by atoms with Gasteiger partial charge in [-0.15, -0.1) is 0 Å². The summed E-state index contributed by atoms with van der Waals surface area (Å²) < 4.78 is 7.89. The Bertz CT molecular complexity index is 2880. The van der Waals surface area contributed by atoms with Crippen LogP contribution in [0.25, 0.3) is 61.3 Å². The van der Waals surface area contributed by atoms with E-state index in [1.54, 1.807) is 0 Å². The second-order valence-electron chi connectivity index (χ2n) is 19.2. The van der Waals surface area contributed by atoms with Gasteiger partial charge in [0.25, 0.3) is 6.71 Å². The highest BCUT2D eigenvalue weighted by atomic mass is 15.2. The highest BCUT2D eigenvalue weighted by Gasteiger charge is 2.45. The maximum atomic E-state index is 2.65. The van der Waals surface area contributed by atoms with Crippen molar-refractivity contribution in [3.8, 4) is 33.9 Å². The van der Waals surface area contributed by atoms with E-state index >= 15 is 0 Å². The first-order valence-electron chi connectivity index (χ1n) is 19.7. The van der Waals surface area contributed by atoms with Crippen LogP contribution in [0, 0.1) is 13.8 Å². The Balaban J connectivity index is 1.47. The summed E-state index contributed by atoms with van der Waals surface area (Å²) in [5, 5.41) is 2.72. The number of fused-ring (bicyclic) bond motifs is 7. The molecule has 2 aliphatic rings. The molecule has 0 aliphatic carbocycles. The van der Waals surface area contributed by atoms with E-state index in [4.69, 9.17) is 0 Å². The zero-order valence-corrected chi connectivity index (χ0v) is 33.7. The van der Waals surface area contributed by atoms with E-state index < -0.39 is 0 Å². The fraction of sp³-hybridized carbons (Fsp3) is 0.280. The molecule has 2 aliphatic heterocycles. The third-order valence-electron chi connectivity index (χ3n) is 12.7. The average molecular weight is 704 g/mol. The average Bonchev–Trinajstić information content (AvgIpc) is 3.74. The minimum absolute atomic E-state index is 0.0170. The minimum Gasteiger partial charge on any atom is -0.310 e. The van der Waals surface area contributed by atoms with Crippen molar-refractivity contribution >= 4 is 50.6 Å². The van der Waals surface area contributed by atoms with Crippen LogP contribution in [0.1, 0.15) is 90.3 Å². The monoisotopic (exact) mass is 703 g/mol. The van der Waals surface area contributed by atoms with Crippen LogP contribution in [0.2, 0.25) is 0 Å². The molecule has 0 atom stereocenters. The molecule has 0 N–H and O–H groups in total. The van der Waals surface area contributed by atoms with Gasteiger partial charge in [0.1, 0.15) is 5.65 Å². The predicted molar refractivity (Wildman–Crippen MR) is 232 cm³/mol. The Morgan fingerprint density at radius 1 is 0.500 bits per heavy atom. The maximum absolute atomic E-state index is 2.65. The number of aromatic nitrogens is 3. The summed E-state index contributed by atoms with van der Waals surface area (Å²) >= 11 is 0. The minimum atomic E-state index is -0.0639. The van der Waals surface area contributed by atoms with Crippen molar-refractivity contribution < 1.29 is 0 Å². The van der Waals surface area contributed by atoms with Gasteiger partial charge in [-0.25, -0.2) is 0 Å². The molecule has 0 radical (unpaired) electrons. The lowest BCUT2D eigenvalue weighted by Crippen LogP contribution is -2.60. The highest BCUT2D eigenvalue weighted by molar-refractivity contribution is 7.00. The molecule has 0 saturated heterocycles. The standard InChI is InChI=1S/C50H50BN3/c1-29-30(2)52-44(31-18-14-12-15-19-31)45(32-20-16-13-17-21-32)54-41-28-35(50(9,10)11)27-40-43(41)51(42(29)47(52)54)38-26-34(49(6,7)8)25-37-36-24-33(48(3,4)5)22-23-39(36)53(40)46(37)38/h12-28H,1-11H3. The third-order valence-corrected chi connectivity index (χ3v) is 12.7. The summed E-state index contributed by atoms with van der Waals surface area (Å²) in [5.41, 5.74) is 22.6. The second kappa shape index (κ2) is 10.7. The van der Waals surface area contributed by atoms with Crippen molar-refractivity contribution in [3.05, 3.63) is 131 Å². The summed E-state index contributed by atoms with van der Waals surface area (Å²) in [6.07, 6.45) is 0. The van der Waals surface area contributed by atoms with E-state index in [1.807, 2.05) is 0 Å². The number of rotatable bonds is 2. The number of benzene rings is 5. The molecule has 0 fully saturated rings. The smallest absolute Gasteiger partial charge is 0.254 e. The van der Waals surface area contributed by atoms with Crippen LogP contribution in [0.3, 0.4) is 0 Å². The first-order valence-corrected chi connectivity index (χ1v) is 19.7. The van der Waals surface area contributed by atoms with Crippen LogP contribution in [-0.4, -0.2) is 20.2 Å². The van der Waals surface area contributed by atoms with Gasteiger partial charge < -0.3 is 4.57 Å². The van der Waals surface area contributed by atoms with Crippen molar-refractivity contribution in [2.45, 2.75) is 92.4 Å². The van der Waals surface area contributed by atoms with Crippen molar-refractivity contribution in [3.63, 3.8) is 0 Å². The van der Waals surface area contributed by atoms with Crippen LogP contribution >= 0.6 is 0 Å². The lowest BCUT2D eigenvalue weighted by Gasteiger charge is -2.36. The molecule has 0 spiro atoms. The third kappa shape index (κ3) is 4.37. The number of imidazole rings is 1. The first kappa shape index (κ1) is 33.4. The number of hydrogen-bond donors (Lipinski definition) is 0. The number of nitrogens with zero attached hydrogens (tertiary/aromatic N) is 3. The normalized spacial score (nSPS) is 13.8. The molecule has 5 aromatic carbocycles. The van der Waals surface area contributed by atoms with E-state index in [9.17, 15) is 0 Å². The molecule has 10 rings (SSSR count). The summed E-state index contributed by atoms with van der Waals surface area (Å²) in [4.78, 5) is 0. The lowest BCUT2D eigenvalue weighted by molar-refractivity contribution is 0.589. The Morgan fingerprint density at radius 2 is 1.04 bits per heavy atom. The second-order valence-corrected chi connectivity index (χ2v) is 19.2. The molecule has 0 unspecified atom stereocenters. The summed E-state index contributed by atoms with van der Waals surface area (Å²) in [5.74, 6) is 0. The summed E-state index contributed by atoms with van der Waals surface area (Å²) in [6.45, 7) is 26.0. The summed E-state index contributed by atoms with van der Waals surface area (Å²) in [6, 6.07) is 39.6. The lowest BCUT2D eigenvalue weighted by atomic mass is 9.34. The van der Waals surface area contributed by atoms with Crippen LogP contribution in [0.5, 0.6) is 0 Å². The van der Waals surface area contributed by atoms with Crippen molar-refractivity contribution in [2.24, 2.45) is 0 Å². The van der Waals surface area contributed by atoms with Gasteiger partial charge in [-0.2, -0.15) is 0 Å². The highest BCUT2D eigenvalue weighted by Crippen LogP contribution is 2.45. The van der Waals surface area contributed by atoms with Crippen LogP contribution in [-0.2, 0) is 16.2 Å². The molecule has 3 nitrogen and oxygen atoms in total. The van der Waals surface area contributed by atoms with Gasteiger partial charge in [0.05, 0.1) is 16.9 Å². The Morgan fingerprint density at radius 3 is 1.63 bits per heavy atom. The fourth-order valence-electron chi connectivity index (χ4n) is 9.65. The van der Waals surface area contributed by atoms with Gasteiger partial charge >= 0.3 is 0 Å². The Labute approximate surface area is 320 Å². The van der Waals surface area contributed by atoms with E-state index in [0.717, 1.165) is 0 Å². The van der Waals surface area contributed by atoms with E-state index in [1.165, 1.54) is 106 Å². The zero-order chi connectivity index (χ0) is 37.8. The van der Waals surface area contributed by atoms with Crippen molar-refractivity contribution in [1.82, 2.24) is 13.5 Å². The predicted octanol–water partition coefficient (Wildman–Crippen LogP) is 10.8. The molecular weight excluding hydrogens is 653 g/mol. The van der Waals surface area contributed by atoms with Crippen LogP contribution < -0.4 is 16.4 Å². The van der Waals surface area contributed by atoms with E-state index in [-0.39, 0.29) is 23.0 Å². The zero-order valence-electron chi connectivity index (χ0n) is 33.7. The fourth-order valence-corrected chi connectivity index (χ4v) is 9.65. The van der Waals surface area contributed by atoms with E-state index in [2.05, 4.69) is 193 Å². The van der Waals surface area contributed by atoms with Gasteiger partial charge in [0, 0.05) is 44.5 Å². The van der Waals surface area contributed by atoms with E-state index in [0.29, 0.717) is 0 Å². The molecule has 4 heteroatoms. The SMILES string of the molecule is Cc1c2c3n(c(-c4ccccc4)c(-c4ccccc4)n3c1C)-c1cc(C(C)(C)C)cc3c1B2c1cc(C(C)(C)C)cc2c4cc(C(C)(C)C)ccc4n-3c12. The van der Waals surface area contributed by atoms with Gasteiger partial charge in [-0.1, -0.05) is 135 Å². The van der Waals surface area contributed by atoms with Crippen LogP contribution in [0.4, 0.5) is 0 Å². The molecule has 268 valence electrons. The Kier molecular flexibility index (Phi) is 6.62. The number of hydrogen-bond acceptors (Lipinski definition) is 0. The summed E-state index contributed by atoms with van der Waals surface area (Å²) in [7, 11) is 0. The van der Waals surface area contributed by atoms with Gasteiger partial charge in [-0.05, 0) is 99.1 Å². The molecule has 0 amide bonds. The molecule has 8 aromatic rings. The van der Waals surface area contributed by atoms with Gasteiger partial charge in [-0.3, -0.25) is 8.97 Å². The van der Waals surface area contributed by atoms with Gasteiger partial charge in [0.15, 0.2) is 0 Å². The quantitative estimate of drug-likeness (QED) is 0.159. The molecule has 3 aromatic heterocycles. The molecule has 54 heavy (non-hydrogen) atoms.